The third-order valence-corrected chi connectivity index (χ3v) is 3.71. The predicted octanol–water partition coefficient (Wildman–Crippen LogP) is 2.82. The van der Waals surface area contributed by atoms with Gasteiger partial charge in [-0.3, -0.25) is 0 Å². The molecule has 1 heterocycles. The molecule has 1 N–H and O–H groups in total. The van der Waals surface area contributed by atoms with Crippen LogP contribution in [0, 0.1) is 0 Å². The fraction of sp³-hybridized carbons (Fsp3) is 0.500. The quantitative estimate of drug-likeness (QED) is 0.929. The summed E-state index contributed by atoms with van der Waals surface area (Å²) in [5.41, 5.74) is 3.63. The molecule has 2 aromatic rings. The number of rotatable bonds is 4. The minimum absolute atomic E-state index is 0.0870. The lowest BCUT2D eigenvalue weighted by Gasteiger charge is -2.23. The van der Waals surface area contributed by atoms with E-state index in [1.54, 1.807) is 0 Å². The maximum absolute atomic E-state index is 4.29. The van der Waals surface area contributed by atoms with Crippen molar-refractivity contribution in [3.05, 3.63) is 41.7 Å². The van der Waals surface area contributed by atoms with Gasteiger partial charge in [-0.1, -0.05) is 44.2 Å². The van der Waals surface area contributed by atoms with Gasteiger partial charge in [0.15, 0.2) is 0 Å². The normalized spacial score (nSPS) is 15.6. The van der Waals surface area contributed by atoms with Crippen LogP contribution in [0.5, 0.6) is 0 Å². The summed E-state index contributed by atoms with van der Waals surface area (Å²) in [6.45, 7) is 7.51. The van der Waals surface area contributed by atoms with Crippen molar-refractivity contribution in [1.29, 1.82) is 0 Å². The molecule has 1 aromatic heterocycles. The van der Waals surface area contributed by atoms with E-state index in [9.17, 15) is 0 Å². The molecule has 0 aliphatic heterocycles. The van der Waals surface area contributed by atoms with Gasteiger partial charge in [-0.05, 0) is 29.9 Å². The van der Waals surface area contributed by atoms with Crippen LogP contribution in [0.1, 0.15) is 44.9 Å². The van der Waals surface area contributed by atoms with Crippen molar-refractivity contribution in [3.63, 3.8) is 0 Å². The molecule has 106 valence electrons. The Labute approximate surface area is 120 Å². The van der Waals surface area contributed by atoms with Gasteiger partial charge in [0, 0.05) is 12.6 Å². The molecule has 0 unspecified atom stereocenters. The minimum atomic E-state index is 0.0870. The van der Waals surface area contributed by atoms with Gasteiger partial charge >= 0.3 is 0 Å². The summed E-state index contributed by atoms with van der Waals surface area (Å²) in [6.07, 6.45) is 4.44. The smallest absolute Gasteiger partial charge is 0.0783 e. The van der Waals surface area contributed by atoms with E-state index < -0.39 is 0 Å². The summed E-state index contributed by atoms with van der Waals surface area (Å²) in [5, 5.41) is 11.9. The third-order valence-electron chi connectivity index (χ3n) is 3.71. The Balaban J connectivity index is 1.94. The Bertz CT molecular complexity index is 591. The SMILES string of the molecule is CC(C)(C)c1ccccc1-n1nncc1CNC1CC1. The van der Waals surface area contributed by atoms with Crippen LogP contribution in [0.25, 0.3) is 5.69 Å². The largest absolute Gasteiger partial charge is 0.308 e. The van der Waals surface area contributed by atoms with Crippen molar-refractivity contribution in [3.8, 4) is 5.69 Å². The predicted molar refractivity (Wildman–Crippen MR) is 79.9 cm³/mol. The van der Waals surface area contributed by atoms with Gasteiger partial charge in [0.1, 0.15) is 0 Å². The Morgan fingerprint density at radius 2 is 2.00 bits per heavy atom. The Morgan fingerprint density at radius 1 is 1.25 bits per heavy atom. The zero-order chi connectivity index (χ0) is 14.2. The van der Waals surface area contributed by atoms with Crippen molar-refractivity contribution in [2.24, 2.45) is 0 Å². The molecule has 1 aromatic carbocycles. The number of benzene rings is 1. The second kappa shape index (κ2) is 5.02. The van der Waals surface area contributed by atoms with Crippen molar-refractivity contribution in [2.45, 2.75) is 51.6 Å². The molecule has 0 saturated heterocycles. The molecule has 4 nitrogen and oxygen atoms in total. The van der Waals surface area contributed by atoms with E-state index in [-0.39, 0.29) is 5.41 Å². The first kappa shape index (κ1) is 13.3. The minimum Gasteiger partial charge on any atom is -0.308 e. The molecule has 1 aliphatic rings. The molecule has 3 rings (SSSR count). The first-order valence-corrected chi connectivity index (χ1v) is 7.28. The van der Waals surface area contributed by atoms with Gasteiger partial charge in [0.2, 0.25) is 0 Å². The second-order valence-corrected chi connectivity index (χ2v) is 6.56. The van der Waals surface area contributed by atoms with Crippen LogP contribution in [-0.2, 0) is 12.0 Å². The van der Waals surface area contributed by atoms with Crippen molar-refractivity contribution >= 4 is 0 Å². The monoisotopic (exact) mass is 270 g/mol. The number of nitrogens with zero attached hydrogens (tertiary/aromatic N) is 3. The molecule has 1 saturated carbocycles. The van der Waals surface area contributed by atoms with E-state index in [4.69, 9.17) is 0 Å². The summed E-state index contributed by atoms with van der Waals surface area (Å²) in [7, 11) is 0. The fourth-order valence-electron chi connectivity index (χ4n) is 2.41. The Hall–Kier alpha value is -1.68. The number of nitrogens with one attached hydrogen (secondary N) is 1. The summed E-state index contributed by atoms with van der Waals surface area (Å²) in [6, 6.07) is 9.13. The third kappa shape index (κ3) is 2.75. The summed E-state index contributed by atoms with van der Waals surface area (Å²) < 4.78 is 1.97. The number of hydrogen-bond acceptors (Lipinski definition) is 3. The average Bonchev–Trinajstić information content (AvgIpc) is 3.12. The lowest BCUT2D eigenvalue weighted by molar-refractivity contribution is 0.576. The number of aromatic nitrogens is 3. The van der Waals surface area contributed by atoms with E-state index in [0.29, 0.717) is 6.04 Å². The zero-order valence-corrected chi connectivity index (χ0v) is 12.4. The van der Waals surface area contributed by atoms with Crippen LogP contribution in [0.15, 0.2) is 30.5 Å². The molecule has 20 heavy (non-hydrogen) atoms. The molecular weight excluding hydrogens is 248 g/mol. The lowest BCUT2D eigenvalue weighted by Crippen LogP contribution is -2.20. The maximum atomic E-state index is 4.29. The van der Waals surface area contributed by atoms with Gasteiger partial charge in [0.25, 0.3) is 0 Å². The fourth-order valence-corrected chi connectivity index (χ4v) is 2.41. The van der Waals surface area contributed by atoms with Crippen LogP contribution in [0.4, 0.5) is 0 Å². The Morgan fingerprint density at radius 3 is 2.70 bits per heavy atom. The zero-order valence-electron chi connectivity index (χ0n) is 12.4. The first-order valence-electron chi connectivity index (χ1n) is 7.28. The molecule has 0 bridgehead atoms. The van der Waals surface area contributed by atoms with Crippen molar-refractivity contribution in [1.82, 2.24) is 20.3 Å². The summed E-state index contributed by atoms with van der Waals surface area (Å²) in [4.78, 5) is 0. The molecule has 0 amide bonds. The van der Waals surface area contributed by atoms with Crippen LogP contribution in [-0.4, -0.2) is 21.0 Å². The van der Waals surface area contributed by atoms with E-state index >= 15 is 0 Å². The summed E-state index contributed by atoms with van der Waals surface area (Å²) >= 11 is 0. The lowest BCUT2D eigenvalue weighted by atomic mass is 9.86. The van der Waals surface area contributed by atoms with Crippen molar-refractivity contribution < 1.29 is 0 Å². The summed E-state index contributed by atoms with van der Waals surface area (Å²) in [5.74, 6) is 0. The van der Waals surface area contributed by atoms with E-state index in [1.165, 1.54) is 18.4 Å². The topological polar surface area (TPSA) is 42.7 Å². The van der Waals surface area contributed by atoms with Gasteiger partial charge in [-0.15, -0.1) is 5.10 Å². The molecule has 1 fully saturated rings. The number of para-hydroxylation sites is 1. The second-order valence-electron chi connectivity index (χ2n) is 6.56. The Kier molecular flexibility index (Phi) is 3.34. The van der Waals surface area contributed by atoms with Crippen LogP contribution in [0.2, 0.25) is 0 Å². The average molecular weight is 270 g/mol. The highest BCUT2D eigenvalue weighted by Crippen LogP contribution is 2.28. The molecule has 0 radical (unpaired) electrons. The molecule has 4 heteroatoms. The molecule has 1 aliphatic carbocycles. The highest BCUT2D eigenvalue weighted by atomic mass is 15.4. The van der Waals surface area contributed by atoms with Gasteiger partial charge in [-0.2, -0.15) is 0 Å². The van der Waals surface area contributed by atoms with Gasteiger partial charge in [-0.25, -0.2) is 4.68 Å². The van der Waals surface area contributed by atoms with Gasteiger partial charge in [0.05, 0.1) is 17.6 Å². The van der Waals surface area contributed by atoms with Crippen LogP contribution >= 0.6 is 0 Å². The van der Waals surface area contributed by atoms with Gasteiger partial charge < -0.3 is 5.32 Å². The maximum Gasteiger partial charge on any atom is 0.0783 e. The van der Waals surface area contributed by atoms with E-state index in [0.717, 1.165) is 17.9 Å². The van der Waals surface area contributed by atoms with Crippen LogP contribution < -0.4 is 5.32 Å². The van der Waals surface area contributed by atoms with E-state index in [2.05, 4.69) is 60.7 Å². The number of hydrogen-bond donors (Lipinski definition) is 1. The standard InChI is InChI=1S/C16H22N4/c1-16(2,3)14-6-4-5-7-15(14)20-13(11-18-19-20)10-17-12-8-9-12/h4-7,11-12,17H,8-10H2,1-3H3. The van der Waals surface area contributed by atoms with Crippen molar-refractivity contribution in [2.75, 3.05) is 0 Å². The molecule has 0 spiro atoms. The highest BCUT2D eigenvalue weighted by molar-refractivity contribution is 5.45. The first-order chi connectivity index (χ1) is 9.55. The molecule has 0 atom stereocenters. The van der Waals surface area contributed by atoms with E-state index in [1.807, 2.05) is 10.9 Å². The molecular formula is C16H22N4. The highest BCUT2D eigenvalue weighted by Gasteiger charge is 2.23. The van der Waals surface area contributed by atoms with Crippen LogP contribution in [0.3, 0.4) is 0 Å².